The molecule has 1 unspecified atom stereocenters. The zero-order valence-electron chi connectivity index (χ0n) is 13.7. The summed E-state index contributed by atoms with van der Waals surface area (Å²) in [6.45, 7) is 3.32. The first-order valence-corrected chi connectivity index (χ1v) is 8.01. The fourth-order valence-corrected chi connectivity index (χ4v) is 2.98. The van der Waals surface area contributed by atoms with Crippen molar-refractivity contribution in [2.45, 2.75) is 13.0 Å². The van der Waals surface area contributed by atoms with Crippen LogP contribution in [0.15, 0.2) is 30.6 Å². The number of carbonyl (C=O) groups is 1. The van der Waals surface area contributed by atoms with Crippen LogP contribution in [-0.4, -0.2) is 52.6 Å². The average molecular weight is 330 g/mol. The highest BCUT2D eigenvalue weighted by Crippen LogP contribution is 2.23. The number of phenols is 1. The minimum atomic E-state index is -0.264. The number of benzene rings is 1. The molecule has 1 amide bonds. The van der Waals surface area contributed by atoms with E-state index in [0.29, 0.717) is 18.2 Å². The predicted molar refractivity (Wildman–Crippen MR) is 89.0 cm³/mol. The zero-order valence-corrected chi connectivity index (χ0v) is 13.7. The van der Waals surface area contributed by atoms with Gasteiger partial charge >= 0.3 is 0 Å². The lowest BCUT2D eigenvalue weighted by Crippen LogP contribution is -2.31. The Balaban J connectivity index is 1.48. The fraction of sp³-hybridized carbons (Fsp3) is 0.412. The summed E-state index contributed by atoms with van der Waals surface area (Å²) < 4.78 is 5.02. The van der Waals surface area contributed by atoms with Crippen molar-refractivity contribution in [2.24, 2.45) is 5.92 Å². The van der Waals surface area contributed by atoms with Gasteiger partial charge in [0.25, 0.3) is 5.91 Å². The molecule has 0 aliphatic carbocycles. The smallest absolute Gasteiger partial charge is 0.255 e. The summed E-state index contributed by atoms with van der Waals surface area (Å²) in [7, 11) is 1.52. The number of hydrogen-bond acceptors (Lipinski definition) is 5. The van der Waals surface area contributed by atoms with Gasteiger partial charge in [-0.1, -0.05) is 0 Å². The van der Waals surface area contributed by atoms with E-state index in [2.05, 4.69) is 20.2 Å². The van der Waals surface area contributed by atoms with E-state index in [0.717, 1.165) is 31.9 Å². The van der Waals surface area contributed by atoms with Crippen LogP contribution in [0, 0.1) is 5.92 Å². The second-order valence-corrected chi connectivity index (χ2v) is 6.02. The van der Waals surface area contributed by atoms with Crippen LogP contribution in [0.1, 0.15) is 22.6 Å². The van der Waals surface area contributed by atoms with Gasteiger partial charge < -0.3 is 20.1 Å². The Labute approximate surface area is 140 Å². The maximum absolute atomic E-state index is 12.2. The first-order chi connectivity index (χ1) is 11.7. The molecule has 1 atom stereocenters. The molecule has 0 bridgehead atoms. The third kappa shape index (κ3) is 3.86. The highest BCUT2D eigenvalue weighted by Gasteiger charge is 2.24. The summed E-state index contributed by atoms with van der Waals surface area (Å²) in [5.41, 5.74) is 0.265. The Morgan fingerprint density at radius 1 is 1.54 bits per heavy atom. The van der Waals surface area contributed by atoms with Gasteiger partial charge in [-0.2, -0.15) is 0 Å². The third-order valence-electron chi connectivity index (χ3n) is 4.30. The van der Waals surface area contributed by atoms with Crippen LogP contribution in [0.3, 0.4) is 0 Å². The quantitative estimate of drug-likeness (QED) is 0.744. The average Bonchev–Trinajstić information content (AvgIpc) is 3.25. The Bertz CT molecular complexity index is 687. The number of carbonyl (C=O) groups excluding carboxylic acids is 1. The van der Waals surface area contributed by atoms with Crippen molar-refractivity contribution in [3.63, 3.8) is 0 Å². The van der Waals surface area contributed by atoms with Crippen LogP contribution in [-0.2, 0) is 6.54 Å². The van der Waals surface area contributed by atoms with E-state index in [9.17, 15) is 9.90 Å². The number of phenolic OH excluding ortho intramolecular Hbond substituents is 1. The highest BCUT2D eigenvalue weighted by atomic mass is 16.5. The van der Waals surface area contributed by atoms with E-state index in [1.165, 1.54) is 13.2 Å². The van der Waals surface area contributed by atoms with Gasteiger partial charge in [0.2, 0.25) is 0 Å². The lowest BCUT2D eigenvalue weighted by molar-refractivity contribution is 0.0944. The topological polar surface area (TPSA) is 90.5 Å². The van der Waals surface area contributed by atoms with Crippen molar-refractivity contribution in [3.05, 3.63) is 42.0 Å². The van der Waals surface area contributed by atoms with Crippen molar-refractivity contribution >= 4 is 5.91 Å². The van der Waals surface area contributed by atoms with Crippen LogP contribution in [0.4, 0.5) is 0 Å². The van der Waals surface area contributed by atoms with Gasteiger partial charge in [0, 0.05) is 31.5 Å². The number of nitrogens with zero attached hydrogens (tertiary/aromatic N) is 2. The number of amides is 1. The maximum atomic E-state index is 12.2. The molecule has 3 rings (SSSR count). The number of aromatic hydroxyl groups is 1. The number of nitrogens with one attached hydrogen (secondary N) is 2. The lowest BCUT2D eigenvalue weighted by atomic mass is 10.1. The number of rotatable bonds is 6. The van der Waals surface area contributed by atoms with Crippen LogP contribution in [0.25, 0.3) is 0 Å². The Kier molecular flexibility index (Phi) is 5.00. The number of methoxy groups -OCH3 is 1. The molecule has 3 N–H and O–H groups in total. The van der Waals surface area contributed by atoms with Gasteiger partial charge in [0.1, 0.15) is 17.3 Å². The van der Waals surface area contributed by atoms with E-state index < -0.39 is 0 Å². The second-order valence-electron chi connectivity index (χ2n) is 6.02. The molecule has 7 nitrogen and oxygen atoms in total. The van der Waals surface area contributed by atoms with E-state index in [-0.39, 0.29) is 17.2 Å². The Morgan fingerprint density at radius 2 is 2.42 bits per heavy atom. The molecule has 1 aromatic carbocycles. The minimum Gasteiger partial charge on any atom is -0.507 e. The largest absolute Gasteiger partial charge is 0.507 e. The molecule has 2 aromatic rings. The molecular weight excluding hydrogens is 308 g/mol. The maximum Gasteiger partial charge on any atom is 0.255 e. The van der Waals surface area contributed by atoms with E-state index in [1.54, 1.807) is 18.3 Å². The number of likely N-dealkylation sites (tertiary alicyclic amines) is 1. The van der Waals surface area contributed by atoms with Crippen molar-refractivity contribution in [2.75, 3.05) is 26.7 Å². The van der Waals surface area contributed by atoms with Crippen LogP contribution >= 0.6 is 0 Å². The predicted octanol–water partition coefficient (Wildman–Crippen LogP) is 1.38. The summed E-state index contributed by atoms with van der Waals surface area (Å²) in [6.07, 6.45) is 4.62. The molecule has 24 heavy (non-hydrogen) atoms. The number of hydrogen-bond donors (Lipinski definition) is 3. The van der Waals surface area contributed by atoms with Crippen molar-refractivity contribution in [1.82, 2.24) is 20.2 Å². The number of H-pyrrole nitrogens is 1. The lowest BCUT2D eigenvalue weighted by Gasteiger charge is -2.15. The van der Waals surface area contributed by atoms with Gasteiger partial charge in [-0.15, -0.1) is 0 Å². The molecule has 7 heteroatoms. The Hall–Kier alpha value is -2.54. The molecule has 2 heterocycles. The van der Waals surface area contributed by atoms with E-state index in [1.807, 2.05) is 6.20 Å². The first-order valence-electron chi connectivity index (χ1n) is 8.01. The molecule has 0 spiro atoms. The van der Waals surface area contributed by atoms with Crippen LogP contribution < -0.4 is 10.1 Å². The minimum absolute atomic E-state index is 0.0716. The first kappa shape index (κ1) is 16.3. The molecule has 128 valence electrons. The van der Waals surface area contributed by atoms with Gasteiger partial charge in [0.05, 0.1) is 19.2 Å². The van der Waals surface area contributed by atoms with Crippen molar-refractivity contribution < 1.29 is 14.6 Å². The number of ether oxygens (including phenoxy) is 1. The standard InChI is InChI=1S/C17H22N4O3/c1-24-13-2-3-14(15(22)8-13)17(23)20-9-12-4-7-21(10-12)11-16-18-5-6-19-16/h2-3,5-6,8,12,22H,4,7,9-11H2,1H3,(H,18,19)(H,20,23). The number of aromatic amines is 1. The normalized spacial score (nSPS) is 17.8. The second kappa shape index (κ2) is 7.35. The highest BCUT2D eigenvalue weighted by molar-refractivity contribution is 5.97. The molecule has 1 aliphatic heterocycles. The molecule has 1 saturated heterocycles. The summed E-state index contributed by atoms with van der Waals surface area (Å²) in [5, 5.41) is 12.8. The van der Waals surface area contributed by atoms with Gasteiger partial charge in [-0.05, 0) is 31.0 Å². The molecule has 0 radical (unpaired) electrons. The summed E-state index contributed by atoms with van der Waals surface area (Å²) >= 11 is 0. The fourth-order valence-electron chi connectivity index (χ4n) is 2.98. The molecule has 1 fully saturated rings. The molecule has 0 saturated carbocycles. The van der Waals surface area contributed by atoms with Gasteiger partial charge in [0.15, 0.2) is 0 Å². The Morgan fingerprint density at radius 3 is 3.12 bits per heavy atom. The van der Waals surface area contributed by atoms with Crippen molar-refractivity contribution in [3.8, 4) is 11.5 Å². The van der Waals surface area contributed by atoms with Gasteiger partial charge in [-0.25, -0.2) is 4.98 Å². The number of imidazole rings is 1. The number of aromatic nitrogens is 2. The SMILES string of the molecule is COc1ccc(C(=O)NCC2CCN(Cc3ncc[nH]3)C2)c(O)c1. The zero-order chi connectivity index (χ0) is 16.9. The van der Waals surface area contributed by atoms with E-state index in [4.69, 9.17) is 4.74 Å². The van der Waals surface area contributed by atoms with Crippen LogP contribution in [0.5, 0.6) is 11.5 Å². The summed E-state index contributed by atoms with van der Waals surface area (Å²) in [6, 6.07) is 4.67. The summed E-state index contributed by atoms with van der Waals surface area (Å²) in [5.74, 6) is 1.55. The molecule has 1 aliphatic rings. The van der Waals surface area contributed by atoms with E-state index >= 15 is 0 Å². The molecular formula is C17H22N4O3. The monoisotopic (exact) mass is 330 g/mol. The van der Waals surface area contributed by atoms with Crippen molar-refractivity contribution in [1.29, 1.82) is 0 Å². The summed E-state index contributed by atoms with van der Waals surface area (Å²) in [4.78, 5) is 21.9. The van der Waals surface area contributed by atoms with Gasteiger partial charge in [-0.3, -0.25) is 9.69 Å². The molecule has 1 aromatic heterocycles. The third-order valence-corrected chi connectivity index (χ3v) is 4.30. The van der Waals surface area contributed by atoms with Crippen LogP contribution in [0.2, 0.25) is 0 Å².